The number of hydrogen-bond donors (Lipinski definition) is 2. The molecule has 202 valence electrons. The average molecular weight is 511 g/mol. The van der Waals surface area contributed by atoms with E-state index in [9.17, 15) is 14.7 Å². The lowest BCUT2D eigenvalue weighted by molar-refractivity contribution is -0.116. The molecule has 0 spiro atoms. The lowest BCUT2D eigenvalue weighted by atomic mass is 9.99. The van der Waals surface area contributed by atoms with E-state index in [4.69, 9.17) is 4.74 Å². The second-order valence-corrected chi connectivity index (χ2v) is 10.5. The van der Waals surface area contributed by atoms with Crippen LogP contribution in [0, 0.1) is 5.92 Å². The molecular formula is C29H42N4O4. The molecule has 8 heteroatoms. The number of nitrogens with one attached hydrogen (secondary N) is 1. The molecule has 0 unspecified atom stereocenters. The summed E-state index contributed by atoms with van der Waals surface area (Å²) >= 11 is 0. The predicted octanol–water partition coefficient (Wildman–Crippen LogP) is 3.32. The molecule has 1 heterocycles. The van der Waals surface area contributed by atoms with Crippen molar-refractivity contribution in [1.29, 1.82) is 0 Å². The van der Waals surface area contributed by atoms with Crippen LogP contribution in [0.25, 0.3) is 0 Å². The molecule has 2 amide bonds. The summed E-state index contributed by atoms with van der Waals surface area (Å²) in [5, 5.41) is 12.8. The smallest absolute Gasteiger partial charge is 0.258 e. The minimum Gasteiger partial charge on any atom is -0.488 e. The van der Waals surface area contributed by atoms with E-state index in [0.717, 1.165) is 19.5 Å². The van der Waals surface area contributed by atoms with E-state index in [1.165, 1.54) is 5.56 Å². The van der Waals surface area contributed by atoms with Crippen molar-refractivity contribution in [3.63, 3.8) is 0 Å². The van der Waals surface area contributed by atoms with Gasteiger partial charge < -0.3 is 25.0 Å². The van der Waals surface area contributed by atoms with Gasteiger partial charge in [-0.1, -0.05) is 37.3 Å². The van der Waals surface area contributed by atoms with Gasteiger partial charge in [-0.25, -0.2) is 0 Å². The summed E-state index contributed by atoms with van der Waals surface area (Å²) in [7, 11) is 6.02. The molecule has 2 aromatic carbocycles. The monoisotopic (exact) mass is 510 g/mol. The van der Waals surface area contributed by atoms with Crippen LogP contribution in [0.1, 0.15) is 42.6 Å². The summed E-state index contributed by atoms with van der Waals surface area (Å²) in [6, 6.07) is 15.2. The van der Waals surface area contributed by atoms with E-state index >= 15 is 0 Å². The molecule has 0 radical (unpaired) electrons. The Morgan fingerprint density at radius 1 is 1.19 bits per heavy atom. The van der Waals surface area contributed by atoms with E-state index in [0.29, 0.717) is 36.5 Å². The molecule has 8 nitrogen and oxygen atoms in total. The van der Waals surface area contributed by atoms with E-state index in [1.54, 1.807) is 23.1 Å². The van der Waals surface area contributed by atoms with Crippen LogP contribution in [-0.2, 0) is 11.3 Å². The van der Waals surface area contributed by atoms with Gasteiger partial charge in [-0.3, -0.25) is 14.5 Å². The maximum absolute atomic E-state index is 13.6. The van der Waals surface area contributed by atoms with Crippen LogP contribution in [0.4, 0.5) is 5.69 Å². The minimum absolute atomic E-state index is 0.0420. The van der Waals surface area contributed by atoms with Gasteiger partial charge in [0.2, 0.25) is 5.91 Å². The molecule has 37 heavy (non-hydrogen) atoms. The lowest BCUT2D eigenvalue weighted by Gasteiger charge is -2.38. The number of likely N-dealkylation sites (N-methyl/N-ethyl adjacent to an activating group) is 1. The number of benzene rings is 2. The van der Waals surface area contributed by atoms with Gasteiger partial charge in [-0.05, 0) is 64.8 Å². The summed E-state index contributed by atoms with van der Waals surface area (Å²) < 4.78 is 6.47. The second-order valence-electron chi connectivity index (χ2n) is 10.5. The Morgan fingerprint density at radius 3 is 2.59 bits per heavy atom. The number of anilines is 1. The van der Waals surface area contributed by atoms with Gasteiger partial charge >= 0.3 is 0 Å². The van der Waals surface area contributed by atoms with Crippen molar-refractivity contribution in [2.45, 2.75) is 45.4 Å². The first kappa shape index (κ1) is 28.6. The zero-order chi connectivity index (χ0) is 26.9. The van der Waals surface area contributed by atoms with Crippen LogP contribution in [-0.4, -0.2) is 91.2 Å². The van der Waals surface area contributed by atoms with Gasteiger partial charge in [0.05, 0.1) is 18.2 Å². The number of ether oxygens (including phenoxy) is 1. The van der Waals surface area contributed by atoms with Gasteiger partial charge in [0.1, 0.15) is 11.9 Å². The summed E-state index contributed by atoms with van der Waals surface area (Å²) in [5.41, 5.74) is 2.18. The summed E-state index contributed by atoms with van der Waals surface area (Å²) in [5.74, 6) is 0.245. The van der Waals surface area contributed by atoms with E-state index in [2.05, 4.69) is 36.3 Å². The first-order valence-corrected chi connectivity index (χ1v) is 13.1. The van der Waals surface area contributed by atoms with Gasteiger partial charge in [0.25, 0.3) is 5.91 Å². The van der Waals surface area contributed by atoms with Crippen LogP contribution >= 0.6 is 0 Å². The fourth-order valence-electron chi connectivity index (χ4n) is 4.56. The highest BCUT2D eigenvalue weighted by Crippen LogP contribution is 2.31. The fourth-order valence-corrected chi connectivity index (χ4v) is 4.56. The minimum atomic E-state index is -0.340. The Kier molecular flexibility index (Phi) is 10.5. The summed E-state index contributed by atoms with van der Waals surface area (Å²) in [4.78, 5) is 32.0. The quantitative estimate of drug-likeness (QED) is 0.483. The van der Waals surface area contributed by atoms with Crippen molar-refractivity contribution in [3.05, 3.63) is 59.7 Å². The molecule has 1 aliphatic heterocycles. The lowest BCUT2D eigenvalue weighted by Crippen LogP contribution is -2.49. The van der Waals surface area contributed by atoms with Crippen molar-refractivity contribution >= 4 is 17.5 Å². The third kappa shape index (κ3) is 8.28. The Labute approximate surface area is 221 Å². The molecule has 0 aliphatic carbocycles. The number of carbonyl (C=O) groups is 2. The van der Waals surface area contributed by atoms with Crippen LogP contribution < -0.4 is 10.1 Å². The van der Waals surface area contributed by atoms with Crippen molar-refractivity contribution < 1.29 is 19.4 Å². The van der Waals surface area contributed by atoms with Crippen LogP contribution in [0.15, 0.2) is 48.5 Å². The summed E-state index contributed by atoms with van der Waals surface area (Å²) in [6.07, 6.45) is 0.991. The van der Waals surface area contributed by atoms with Crippen LogP contribution in [0.3, 0.4) is 0 Å². The van der Waals surface area contributed by atoms with Crippen LogP contribution in [0.2, 0.25) is 0 Å². The predicted molar refractivity (Wildman–Crippen MR) is 147 cm³/mol. The highest BCUT2D eigenvalue weighted by Gasteiger charge is 2.33. The highest BCUT2D eigenvalue weighted by molar-refractivity contribution is 5.99. The number of aliphatic hydroxyl groups is 1. The number of aliphatic hydroxyl groups excluding tert-OH is 1. The second kappa shape index (κ2) is 13.6. The number of carbonyl (C=O) groups excluding carboxylic acids is 2. The van der Waals surface area contributed by atoms with Crippen molar-refractivity contribution in [3.8, 4) is 5.75 Å². The molecule has 3 rings (SSSR count). The van der Waals surface area contributed by atoms with Gasteiger partial charge in [0, 0.05) is 37.7 Å². The highest BCUT2D eigenvalue weighted by atomic mass is 16.5. The van der Waals surface area contributed by atoms with E-state index in [1.807, 2.05) is 44.1 Å². The topological polar surface area (TPSA) is 85.3 Å². The van der Waals surface area contributed by atoms with Gasteiger partial charge in [0.15, 0.2) is 0 Å². The molecule has 0 bridgehead atoms. The normalized spacial score (nSPS) is 18.7. The van der Waals surface area contributed by atoms with Crippen molar-refractivity contribution in [2.75, 3.05) is 52.7 Å². The Morgan fingerprint density at radius 2 is 1.92 bits per heavy atom. The molecule has 1 aliphatic rings. The molecule has 3 atom stereocenters. The molecule has 2 N–H and O–H groups in total. The Hall–Kier alpha value is -2.94. The number of fused-ring (bicyclic) bond motifs is 1. The van der Waals surface area contributed by atoms with E-state index < -0.39 is 0 Å². The largest absolute Gasteiger partial charge is 0.488 e. The van der Waals surface area contributed by atoms with Gasteiger partial charge in [-0.2, -0.15) is 0 Å². The molecule has 0 saturated carbocycles. The van der Waals surface area contributed by atoms with E-state index in [-0.39, 0.29) is 36.5 Å². The van der Waals surface area contributed by atoms with Crippen molar-refractivity contribution in [1.82, 2.24) is 14.7 Å². The Balaban J connectivity index is 1.82. The summed E-state index contributed by atoms with van der Waals surface area (Å²) in [6.45, 7) is 6.55. The SMILES string of the molecule is C[C@@H]1CN([C@H](C)CO)C(=O)c2cc(NC(=O)CCCN(C)C)ccc2O[C@H]1CN(C)Cc1ccccc1. The average Bonchev–Trinajstić information content (AvgIpc) is 2.86. The number of nitrogens with zero attached hydrogens (tertiary/aromatic N) is 3. The fraction of sp³-hybridized carbons (Fsp3) is 0.517. The number of amides is 2. The number of hydrogen-bond acceptors (Lipinski definition) is 6. The maximum Gasteiger partial charge on any atom is 0.258 e. The first-order valence-electron chi connectivity index (χ1n) is 13.1. The third-order valence-corrected chi connectivity index (χ3v) is 6.74. The molecule has 0 saturated heterocycles. The first-order chi connectivity index (χ1) is 17.7. The molecular weight excluding hydrogens is 468 g/mol. The van der Waals surface area contributed by atoms with Crippen LogP contribution in [0.5, 0.6) is 5.75 Å². The van der Waals surface area contributed by atoms with Crippen molar-refractivity contribution in [2.24, 2.45) is 5.92 Å². The number of rotatable bonds is 11. The van der Waals surface area contributed by atoms with Gasteiger partial charge in [-0.15, -0.1) is 0 Å². The molecule has 0 aromatic heterocycles. The molecule has 2 aromatic rings. The third-order valence-electron chi connectivity index (χ3n) is 6.74. The zero-order valence-corrected chi connectivity index (χ0v) is 22.8. The standard InChI is InChI=1S/C29H42N4O4/c1-21-17-33(22(2)20-34)29(36)25-16-24(30-28(35)12-9-15-31(3)4)13-14-26(25)37-27(21)19-32(5)18-23-10-7-6-8-11-23/h6-8,10-11,13-14,16,21-22,27,34H,9,12,15,17-20H2,1-5H3,(H,30,35)/t21-,22-,27+/m1/s1. The zero-order valence-electron chi connectivity index (χ0n) is 22.8. The maximum atomic E-state index is 13.6. The molecule has 0 fully saturated rings. The Bertz CT molecular complexity index is 1030.